The number of hydrogen-bond donors (Lipinski definition) is 1. The minimum Gasteiger partial charge on any atom is -0.491 e. The SMILES string of the molecule is CCOC(C)C(O)c1ccc(OC(C)C)cc1. The predicted octanol–water partition coefficient (Wildman–Crippen LogP) is 2.93. The molecule has 1 rings (SSSR count). The maximum Gasteiger partial charge on any atom is 0.119 e. The molecule has 0 saturated heterocycles. The van der Waals surface area contributed by atoms with E-state index in [4.69, 9.17) is 9.47 Å². The van der Waals surface area contributed by atoms with Gasteiger partial charge < -0.3 is 14.6 Å². The van der Waals surface area contributed by atoms with E-state index in [1.807, 2.05) is 52.0 Å². The Kier molecular flexibility index (Phi) is 5.45. The van der Waals surface area contributed by atoms with Crippen molar-refractivity contribution in [3.05, 3.63) is 29.8 Å². The van der Waals surface area contributed by atoms with Gasteiger partial charge in [0.2, 0.25) is 0 Å². The largest absolute Gasteiger partial charge is 0.491 e. The van der Waals surface area contributed by atoms with Crippen molar-refractivity contribution in [2.24, 2.45) is 0 Å². The summed E-state index contributed by atoms with van der Waals surface area (Å²) >= 11 is 0. The third kappa shape index (κ3) is 4.36. The van der Waals surface area contributed by atoms with Crippen LogP contribution >= 0.6 is 0 Å². The summed E-state index contributed by atoms with van der Waals surface area (Å²) in [6, 6.07) is 7.49. The molecule has 1 N–H and O–H groups in total. The Morgan fingerprint density at radius 3 is 2.18 bits per heavy atom. The Hall–Kier alpha value is -1.06. The number of hydrogen-bond acceptors (Lipinski definition) is 3. The lowest BCUT2D eigenvalue weighted by Crippen LogP contribution is -2.18. The van der Waals surface area contributed by atoms with E-state index >= 15 is 0 Å². The van der Waals surface area contributed by atoms with Crippen LogP contribution in [0, 0.1) is 0 Å². The second kappa shape index (κ2) is 6.62. The van der Waals surface area contributed by atoms with Crippen LogP contribution in [-0.4, -0.2) is 23.9 Å². The van der Waals surface area contributed by atoms with Gasteiger partial charge in [0.15, 0.2) is 0 Å². The molecule has 96 valence electrons. The Morgan fingerprint density at radius 1 is 1.12 bits per heavy atom. The molecule has 0 radical (unpaired) electrons. The first-order valence-corrected chi connectivity index (χ1v) is 6.10. The summed E-state index contributed by atoms with van der Waals surface area (Å²) in [5, 5.41) is 10.0. The van der Waals surface area contributed by atoms with Crippen LogP contribution in [0.1, 0.15) is 39.4 Å². The fourth-order valence-electron chi connectivity index (χ4n) is 1.64. The molecule has 0 spiro atoms. The molecular weight excluding hydrogens is 216 g/mol. The summed E-state index contributed by atoms with van der Waals surface area (Å²) in [6.07, 6.45) is -0.631. The van der Waals surface area contributed by atoms with E-state index in [1.54, 1.807) is 0 Å². The zero-order chi connectivity index (χ0) is 12.8. The first-order chi connectivity index (χ1) is 8.04. The Morgan fingerprint density at radius 2 is 1.71 bits per heavy atom. The maximum absolute atomic E-state index is 10.0. The quantitative estimate of drug-likeness (QED) is 0.828. The zero-order valence-electron chi connectivity index (χ0n) is 11.0. The van der Waals surface area contributed by atoms with E-state index in [0.717, 1.165) is 11.3 Å². The van der Waals surface area contributed by atoms with Gasteiger partial charge in [-0.25, -0.2) is 0 Å². The standard InChI is InChI=1S/C14H22O3/c1-5-16-11(4)14(15)12-6-8-13(9-7-12)17-10(2)3/h6-11,14-15H,5H2,1-4H3. The fourth-order valence-corrected chi connectivity index (χ4v) is 1.64. The van der Waals surface area contributed by atoms with Gasteiger partial charge in [-0.2, -0.15) is 0 Å². The summed E-state index contributed by atoms with van der Waals surface area (Å²) in [7, 11) is 0. The highest BCUT2D eigenvalue weighted by Crippen LogP contribution is 2.22. The number of rotatable bonds is 6. The van der Waals surface area contributed by atoms with Gasteiger partial charge in [-0.15, -0.1) is 0 Å². The Bertz CT molecular complexity index is 319. The summed E-state index contributed by atoms with van der Waals surface area (Å²) in [6.45, 7) is 8.36. The summed E-state index contributed by atoms with van der Waals surface area (Å²) < 4.78 is 10.9. The topological polar surface area (TPSA) is 38.7 Å². The number of aliphatic hydroxyl groups excluding tert-OH is 1. The van der Waals surface area contributed by atoms with E-state index < -0.39 is 6.10 Å². The highest BCUT2D eigenvalue weighted by Gasteiger charge is 2.16. The molecule has 2 unspecified atom stereocenters. The van der Waals surface area contributed by atoms with Gasteiger partial charge >= 0.3 is 0 Å². The van der Waals surface area contributed by atoms with Crippen LogP contribution in [0.2, 0.25) is 0 Å². The van der Waals surface area contributed by atoms with Gasteiger partial charge in [-0.1, -0.05) is 12.1 Å². The number of ether oxygens (including phenoxy) is 2. The molecule has 1 aromatic rings. The first kappa shape index (κ1) is 14.0. The smallest absolute Gasteiger partial charge is 0.119 e. The molecule has 0 saturated carbocycles. The Balaban J connectivity index is 2.66. The van der Waals surface area contributed by atoms with Crippen molar-refractivity contribution in [2.75, 3.05) is 6.61 Å². The lowest BCUT2D eigenvalue weighted by molar-refractivity contribution is -0.0227. The highest BCUT2D eigenvalue weighted by atomic mass is 16.5. The minimum absolute atomic E-state index is 0.160. The van der Waals surface area contributed by atoms with Gasteiger partial charge in [0, 0.05) is 6.61 Å². The molecular formula is C14H22O3. The Labute approximate surface area is 103 Å². The normalized spacial score (nSPS) is 14.7. The van der Waals surface area contributed by atoms with Gasteiger partial charge in [-0.05, 0) is 45.4 Å². The molecule has 0 fully saturated rings. The van der Waals surface area contributed by atoms with Crippen LogP contribution in [0.15, 0.2) is 24.3 Å². The molecule has 0 aliphatic rings. The molecule has 1 aromatic carbocycles. The molecule has 3 nitrogen and oxygen atoms in total. The molecule has 2 atom stereocenters. The lowest BCUT2D eigenvalue weighted by atomic mass is 10.1. The minimum atomic E-state index is -0.594. The van der Waals surface area contributed by atoms with E-state index in [-0.39, 0.29) is 12.2 Å². The van der Waals surface area contributed by atoms with Crippen LogP contribution in [0.25, 0.3) is 0 Å². The maximum atomic E-state index is 10.0. The van der Waals surface area contributed by atoms with Crippen LogP contribution in [-0.2, 0) is 4.74 Å². The van der Waals surface area contributed by atoms with Crippen molar-refractivity contribution in [1.29, 1.82) is 0 Å². The summed E-state index contributed by atoms with van der Waals surface area (Å²) in [5.41, 5.74) is 0.849. The van der Waals surface area contributed by atoms with Crippen molar-refractivity contribution >= 4 is 0 Å². The summed E-state index contributed by atoms with van der Waals surface area (Å²) in [5.74, 6) is 0.819. The van der Waals surface area contributed by atoms with Crippen LogP contribution in [0.4, 0.5) is 0 Å². The van der Waals surface area contributed by atoms with Gasteiger partial charge in [0.1, 0.15) is 11.9 Å². The average molecular weight is 238 g/mol. The predicted molar refractivity (Wildman–Crippen MR) is 68.3 cm³/mol. The fraction of sp³-hybridized carbons (Fsp3) is 0.571. The first-order valence-electron chi connectivity index (χ1n) is 6.10. The van der Waals surface area contributed by atoms with Crippen LogP contribution in [0.3, 0.4) is 0 Å². The molecule has 0 bridgehead atoms. The van der Waals surface area contributed by atoms with E-state index in [2.05, 4.69) is 0 Å². The van der Waals surface area contributed by atoms with E-state index in [0.29, 0.717) is 6.61 Å². The highest BCUT2D eigenvalue weighted by molar-refractivity contribution is 5.29. The van der Waals surface area contributed by atoms with Crippen LogP contribution < -0.4 is 4.74 Å². The number of benzene rings is 1. The zero-order valence-corrected chi connectivity index (χ0v) is 11.0. The van der Waals surface area contributed by atoms with Crippen molar-refractivity contribution in [3.63, 3.8) is 0 Å². The lowest BCUT2D eigenvalue weighted by Gasteiger charge is -2.19. The average Bonchev–Trinajstić information content (AvgIpc) is 2.28. The van der Waals surface area contributed by atoms with Crippen molar-refractivity contribution < 1.29 is 14.6 Å². The second-order valence-corrected chi connectivity index (χ2v) is 4.34. The molecule has 17 heavy (non-hydrogen) atoms. The molecule has 3 heteroatoms. The monoisotopic (exact) mass is 238 g/mol. The van der Waals surface area contributed by atoms with Gasteiger partial charge in [0.25, 0.3) is 0 Å². The summed E-state index contributed by atoms with van der Waals surface area (Å²) in [4.78, 5) is 0. The van der Waals surface area contributed by atoms with Gasteiger partial charge in [0.05, 0.1) is 12.2 Å². The third-order valence-electron chi connectivity index (χ3n) is 2.47. The molecule has 0 heterocycles. The number of aliphatic hydroxyl groups is 1. The van der Waals surface area contributed by atoms with E-state index in [9.17, 15) is 5.11 Å². The van der Waals surface area contributed by atoms with Crippen molar-refractivity contribution in [3.8, 4) is 5.75 Å². The third-order valence-corrected chi connectivity index (χ3v) is 2.47. The van der Waals surface area contributed by atoms with Crippen molar-refractivity contribution in [2.45, 2.75) is 46.0 Å². The second-order valence-electron chi connectivity index (χ2n) is 4.34. The molecule has 0 aliphatic carbocycles. The molecule has 0 aliphatic heterocycles. The molecule has 0 aromatic heterocycles. The van der Waals surface area contributed by atoms with Gasteiger partial charge in [-0.3, -0.25) is 0 Å². The van der Waals surface area contributed by atoms with E-state index in [1.165, 1.54) is 0 Å². The van der Waals surface area contributed by atoms with Crippen LogP contribution in [0.5, 0.6) is 5.75 Å². The van der Waals surface area contributed by atoms with Crippen molar-refractivity contribution in [1.82, 2.24) is 0 Å². The molecule has 0 amide bonds.